The first kappa shape index (κ1) is 10.2. The highest BCUT2D eigenvalue weighted by atomic mass is 35.5. The first-order valence-corrected chi connectivity index (χ1v) is 5.50. The van der Waals surface area contributed by atoms with Gasteiger partial charge in [-0.3, -0.25) is 4.90 Å². The summed E-state index contributed by atoms with van der Waals surface area (Å²) >= 11 is 6.47. The monoisotopic (exact) mass is 213 g/mol. The highest BCUT2D eigenvalue weighted by Gasteiger charge is 2.42. The maximum absolute atomic E-state index is 10.1. The summed E-state index contributed by atoms with van der Waals surface area (Å²) in [5.41, 5.74) is 0.939. The Hall–Kier alpha value is -0.310. The predicted molar refractivity (Wildman–Crippen MR) is 58.3 cm³/mol. The summed E-state index contributed by atoms with van der Waals surface area (Å²) in [6, 6.07) is 0. The number of rotatable bonds is 1. The van der Waals surface area contributed by atoms with E-state index < -0.39 is 11.1 Å². The number of hydrogen-bond acceptors (Lipinski definition) is 2. The topological polar surface area (TPSA) is 23.5 Å². The first-order valence-electron chi connectivity index (χ1n) is 5.12. The van der Waals surface area contributed by atoms with Crippen LogP contribution in [0.4, 0.5) is 0 Å². The lowest BCUT2D eigenvalue weighted by Crippen LogP contribution is -2.51. The van der Waals surface area contributed by atoms with E-state index in [0.29, 0.717) is 0 Å². The van der Waals surface area contributed by atoms with Gasteiger partial charge in [-0.2, -0.15) is 0 Å². The van der Waals surface area contributed by atoms with Gasteiger partial charge in [0.1, 0.15) is 11.1 Å². The van der Waals surface area contributed by atoms with Crippen molar-refractivity contribution in [3.05, 3.63) is 23.8 Å². The largest absolute Gasteiger partial charge is 0.385 e. The molecular formula is C11H16ClNO. The van der Waals surface area contributed by atoms with E-state index >= 15 is 0 Å². The molecule has 0 amide bonds. The van der Waals surface area contributed by atoms with E-state index in [2.05, 4.69) is 4.90 Å². The molecule has 0 bridgehead atoms. The number of aliphatic hydroxyl groups excluding tert-OH is 1. The Kier molecular flexibility index (Phi) is 2.69. The summed E-state index contributed by atoms with van der Waals surface area (Å²) in [6.45, 7) is 3.89. The van der Waals surface area contributed by atoms with Crippen LogP contribution in [0.25, 0.3) is 0 Å². The lowest BCUT2D eigenvalue weighted by molar-refractivity contribution is 0.0857. The van der Waals surface area contributed by atoms with Gasteiger partial charge >= 0.3 is 0 Å². The minimum absolute atomic E-state index is 0.577. The van der Waals surface area contributed by atoms with Crippen molar-refractivity contribution in [1.29, 1.82) is 0 Å². The van der Waals surface area contributed by atoms with Gasteiger partial charge in [-0.15, -0.1) is 0 Å². The fourth-order valence-electron chi connectivity index (χ4n) is 2.17. The molecule has 2 rings (SSSR count). The van der Waals surface area contributed by atoms with Crippen LogP contribution in [-0.2, 0) is 0 Å². The maximum Gasteiger partial charge on any atom is 0.145 e. The maximum atomic E-state index is 10.1. The predicted octanol–water partition coefficient (Wildman–Crippen LogP) is 1.89. The van der Waals surface area contributed by atoms with Crippen molar-refractivity contribution in [3.8, 4) is 0 Å². The van der Waals surface area contributed by atoms with Gasteiger partial charge in [0.05, 0.1) is 0 Å². The molecular weight excluding hydrogens is 198 g/mol. The molecule has 1 N–H and O–H groups in total. The molecule has 1 fully saturated rings. The quantitative estimate of drug-likeness (QED) is 0.531. The van der Waals surface area contributed by atoms with Crippen LogP contribution < -0.4 is 0 Å². The number of likely N-dealkylation sites (tertiary alicyclic amines) is 1. The zero-order chi connectivity index (χ0) is 10.2. The summed E-state index contributed by atoms with van der Waals surface area (Å²) in [7, 11) is 0. The van der Waals surface area contributed by atoms with E-state index in [1.54, 1.807) is 0 Å². The summed E-state index contributed by atoms with van der Waals surface area (Å²) < 4.78 is 0. The van der Waals surface area contributed by atoms with Gasteiger partial charge in [0.25, 0.3) is 0 Å². The second kappa shape index (κ2) is 3.69. The van der Waals surface area contributed by atoms with E-state index in [1.165, 1.54) is 12.8 Å². The highest BCUT2D eigenvalue weighted by molar-refractivity contribution is 6.25. The van der Waals surface area contributed by atoms with Crippen LogP contribution in [0.2, 0.25) is 0 Å². The molecule has 1 aliphatic heterocycles. The normalized spacial score (nSPS) is 38.8. The fourth-order valence-corrected chi connectivity index (χ4v) is 2.59. The highest BCUT2D eigenvalue weighted by Crippen LogP contribution is 2.35. The molecule has 0 saturated carbocycles. The minimum atomic E-state index is -0.699. The molecule has 0 aromatic heterocycles. The van der Waals surface area contributed by atoms with Crippen molar-refractivity contribution in [2.45, 2.75) is 30.9 Å². The van der Waals surface area contributed by atoms with Gasteiger partial charge in [0.2, 0.25) is 0 Å². The Morgan fingerprint density at radius 3 is 2.79 bits per heavy atom. The van der Waals surface area contributed by atoms with Crippen LogP contribution in [0.15, 0.2) is 23.8 Å². The van der Waals surface area contributed by atoms with Gasteiger partial charge in [-0.1, -0.05) is 23.8 Å². The van der Waals surface area contributed by atoms with Crippen LogP contribution in [0.5, 0.6) is 0 Å². The molecule has 78 valence electrons. The number of nitrogens with zero attached hydrogens (tertiary/aromatic N) is 1. The Morgan fingerprint density at radius 1 is 1.50 bits per heavy atom. The standard InChI is InChI=1S/C11H16ClNO/c1-9-5-4-6-11(12,10(9)14)13-7-2-3-8-13/h4-6,10,14H,2-3,7-8H2,1H3. The van der Waals surface area contributed by atoms with Gasteiger partial charge in [0, 0.05) is 13.1 Å². The van der Waals surface area contributed by atoms with E-state index in [0.717, 1.165) is 18.7 Å². The zero-order valence-corrected chi connectivity index (χ0v) is 9.17. The average Bonchev–Trinajstić information content (AvgIpc) is 2.67. The van der Waals surface area contributed by atoms with E-state index in [9.17, 15) is 5.11 Å². The number of alkyl halides is 1. The van der Waals surface area contributed by atoms with E-state index in [4.69, 9.17) is 11.6 Å². The molecule has 2 unspecified atom stereocenters. The molecule has 1 heterocycles. The van der Waals surface area contributed by atoms with Crippen LogP contribution in [0.3, 0.4) is 0 Å². The second-order valence-corrected chi connectivity index (χ2v) is 4.70. The third-order valence-corrected chi connectivity index (χ3v) is 3.67. The molecule has 0 aromatic carbocycles. The smallest absolute Gasteiger partial charge is 0.145 e. The lowest BCUT2D eigenvalue weighted by atomic mass is 9.96. The molecule has 3 heteroatoms. The summed E-state index contributed by atoms with van der Waals surface area (Å²) in [5, 5.41) is 10.1. The number of aliphatic hydroxyl groups is 1. The first-order chi connectivity index (χ1) is 6.64. The average molecular weight is 214 g/mol. The van der Waals surface area contributed by atoms with Crippen LogP contribution in [0.1, 0.15) is 19.8 Å². The second-order valence-electron chi connectivity index (χ2n) is 4.09. The van der Waals surface area contributed by atoms with E-state index in [-0.39, 0.29) is 0 Å². The van der Waals surface area contributed by atoms with Gasteiger partial charge in [-0.05, 0) is 31.4 Å². The Bertz CT molecular complexity index is 281. The summed E-state index contributed by atoms with van der Waals surface area (Å²) in [4.78, 5) is 1.46. The van der Waals surface area contributed by atoms with Gasteiger partial charge in [-0.25, -0.2) is 0 Å². The Labute approximate surface area is 89.9 Å². The Morgan fingerprint density at radius 2 is 2.14 bits per heavy atom. The Balaban J connectivity index is 2.22. The minimum Gasteiger partial charge on any atom is -0.385 e. The number of allylic oxidation sites excluding steroid dienone is 2. The van der Waals surface area contributed by atoms with Crippen molar-refractivity contribution in [3.63, 3.8) is 0 Å². The molecule has 14 heavy (non-hydrogen) atoms. The zero-order valence-electron chi connectivity index (χ0n) is 8.41. The third-order valence-electron chi connectivity index (χ3n) is 3.09. The van der Waals surface area contributed by atoms with Gasteiger partial charge < -0.3 is 5.11 Å². The van der Waals surface area contributed by atoms with Crippen molar-refractivity contribution in [2.24, 2.45) is 0 Å². The molecule has 2 atom stereocenters. The number of halogens is 1. The van der Waals surface area contributed by atoms with Crippen molar-refractivity contribution in [1.82, 2.24) is 4.90 Å². The summed E-state index contributed by atoms with van der Waals surface area (Å²) in [6.07, 6.45) is 7.54. The van der Waals surface area contributed by atoms with Crippen molar-refractivity contribution in [2.75, 3.05) is 13.1 Å². The number of hydrogen-bond donors (Lipinski definition) is 1. The molecule has 1 saturated heterocycles. The molecule has 2 aliphatic rings. The van der Waals surface area contributed by atoms with E-state index in [1.807, 2.05) is 25.2 Å². The third kappa shape index (κ3) is 1.52. The molecule has 2 nitrogen and oxygen atoms in total. The molecule has 1 aliphatic carbocycles. The van der Waals surface area contributed by atoms with Crippen molar-refractivity contribution < 1.29 is 5.11 Å². The van der Waals surface area contributed by atoms with Crippen LogP contribution in [-0.4, -0.2) is 34.2 Å². The summed E-state index contributed by atoms with van der Waals surface area (Å²) in [5.74, 6) is 0. The molecule has 0 spiro atoms. The molecule has 0 aromatic rings. The lowest BCUT2D eigenvalue weighted by Gasteiger charge is -2.39. The van der Waals surface area contributed by atoms with Crippen molar-refractivity contribution >= 4 is 11.6 Å². The van der Waals surface area contributed by atoms with Gasteiger partial charge in [0.15, 0.2) is 0 Å². The van der Waals surface area contributed by atoms with Crippen LogP contribution in [0, 0.1) is 0 Å². The molecule has 0 radical (unpaired) electrons. The SMILES string of the molecule is CC1=CC=CC(Cl)(N2CCCC2)C1O. The van der Waals surface area contributed by atoms with Crippen LogP contribution >= 0.6 is 11.6 Å². The fraction of sp³-hybridized carbons (Fsp3) is 0.636.